The molecule has 0 radical (unpaired) electrons. The molecular weight excluding hydrogens is 294 g/mol. The van der Waals surface area contributed by atoms with Crippen LogP contribution in [0, 0.1) is 25.2 Å². The SMILES string of the molecule is Cc1sc(NC(=O)Nc2cccc(Cl)c2)c(C#N)c1C. The fourth-order valence-electron chi connectivity index (χ4n) is 1.68. The van der Waals surface area contributed by atoms with E-state index in [-0.39, 0.29) is 0 Å². The number of nitriles is 1. The van der Waals surface area contributed by atoms with Crippen LogP contribution in [-0.4, -0.2) is 6.03 Å². The second kappa shape index (κ2) is 5.95. The normalized spacial score (nSPS) is 9.90. The number of rotatable bonds is 2. The summed E-state index contributed by atoms with van der Waals surface area (Å²) in [4.78, 5) is 12.9. The molecule has 0 saturated heterocycles. The molecule has 2 rings (SSSR count). The smallest absolute Gasteiger partial charge is 0.308 e. The number of halogens is 1. The zero-order chi connectivity index (χ0) is 14.7. The molecule has 0 aliphatic carbocycles. The van der Waals surface area contributed by atoms with Crippen molar-refractivity contribution < 1.29 is 4.79 Å². The molecule has 0 fully saturated rings. The van der Waals surface area contributed by atoms with Gasteiger partial charge in [-0.1, -0.05) is 17.7 Å². The quantitative estimate of drug-likeness (QED) is 0.855. The first-order valence-corrected chi connectivity index (χ1v) is 7.04. The van der Waals surface area contributed by atoms with Crippen molar-refractivity contribution >= 4 is 39.7 Å². The summed E-state index contributed by atoms with van der Waals surface area (Å²) in [6.07, 6.45) is 0. The van der Waals surface area contributed by atoms with Gasteiger partial charge in [0.15, 0.2) is 0 Å². The van der Waals surface area contributed by atoms with Crippen molar-refractivity contribution in [2.75, 3.05) is 10.6 Å². The number of nitrogens with one attached hydrogen (secondary N) is 2. The predicted octanol–water partition coefficient (Wildman–Crippen LogP) is 4.53. The Hall–Kier alpha value is -2.03. The zero-order valence-electron chi connectivity index (χ0n) is 11.0. The van der Waals surface area contributed by atoms with Gasteiger partial charge in [0.1, 0.15) is 11.1 Å². The van der Waals surface area contributed by atoms with E-state index >= 15 is 0 Å². The summed E-state index contributed by atoms with van der Waals surface area (Å²) in [6, 6.07) is 8.57. The Balaban J connectivity index is 2.13. The van der Waals surface area contributed by atoms with Crippen LogP contribution in [0.25, 0.3) is 0 Å². The van der Waals surface area contributed by atoms with Gasteiger partial charge < -0.3 is 5.32 Å². The van der Waals surface area contributed by atoms with Crippen molar-refractivity contribution in [1.29, 1.82) is 5.26 Å². The molecular formula is C14H12ClN3OS. The van der Waals surface area contributed by atoms with Crippen molar-refractivity contribution in [2.24, 2.45) is 0 Å². The van der Waals surface area contributed by atoms with Crippen molar-refractivity contribution in [3.63, 3.8) is 0 Å². The van der Waals surface area contributed by atoms with Gasteiger partial charge in [-0.2, -0.15) is 5.26 Å². The van der Waals surface area contributed by atoms with E-state index in [2.05, 4.69) is 16.7 Å². The average Bonchev–Trinajstić information content (AvgIpc) is 2.64. The third kappa shape index (κ3) is 3.10. The fraction of sp³-hybridized carbons (Fsp3) is 0.143. The number of carbonyl (C=O) groups excluding carboxylic acids is 1. The highest BCUT2D eigenvalue weighted by molar-refractivity contribution is 7.16. The number of aryl methyl sites for hydroxylation is 1. The number of hydrogen-bond acceptors (Lipinski definition) is 3. The predicted molar refractivity (Wildman–Crippen MR) is 82.6 cm³/mol. The van der Waals surface area contributed by atoms with Gasteiger partial charge in [-0.3, -0.25) is 5.32 Å². The van der Waals surface area contributed by atoms with E-state index in [9.17, 15) is 4.79 Å². The highest BCUT2D eigenvalue weighted by atomic mass is 35.5. The molecule has 0 atom stereocenters. The largest absolute Gasteiger partial charge is 0.324 e. The van der Waals surface area contributed by atoms with E-state index in [1.165, 1.54) is 11.3 Å². The van der Waals surface area contributed by atoms with Crippen LogP contribution in [0.1, 0.15) is 16.0 Å². The topological polar surface area (TPSA) is 64.9 Å². The molecule has 1 heterocycles. The minimum absolute atomic E-state index is 0.398. The van der Waals surface area contributed by atoms with Crippen molar-refractivity contribution in [1.82, 2.24) is 0 Å². The zero-order valence-corrected chi connectivity index (χ0v) is 12.5. The Morgan fingerprint density at radius 2 is 2.10 bits per heavy atom. The molecule has 4 nitrogen and oxygen atoms in total. The molecule has 2 aromatic rings. The number of urea groups is 1. The lowest BCUT2D eigenvalue weighted by Gasteiger charge is -2.06. The number of benzene rings is 1. The first-order valence-electron chi connectivity index (χ1n) is 5.85. The highest BCUT2D eigenvalue weighted by Crippen LogP contribution is 2.31. The molecule has 1 aromatic carbocycles. The second-order valence-corrected chi connectivity index (χ2v) is 5.85. The van der Waals surface area contributed by atoms with Gasteiger partial charge in [0, 0.05) is 15.6 Å². The molecule has 6 heteroatoms. The summed E-state index contributed by atoms with van der Waals surface area (Å²) >= 11 is 7.23. The lowest BCUT2D eigenvalue weighted by molar-refractivity contribution is 0.262. The molecule has 102 valence electrons. The van der Waals surface area contributed by atoms with Crippen LogP contribution < -0.4 is 10.6 Å². The van der Waals surface area contributed by atoms with Gasteiger partial charge >= 0.3 is 6.03 Å². The van der Waals surface area contributed by atoms with Crippen LogP contribution in [0.2, 0.25) is 5.02 Å². The molecule has 20 heavy (non-hydrogen) atoms. The van der Waals surface area contributed by atoms with Gasteiger partial charge in [0.05, 0.1) is 5.56 Å². The summed E-state index contributed by atoms with van der Waals surface area (Å²) in [5.74, 6) is 0. The molecule has 0 saturated carbocycles. The Bertz CT molecular complexity index is 703. The summed E-state index contributed by atoms with van der Waals surface area (Å²) in [5.41, 5.74) is 2.00. The maximum Gasteiger partial charge on any atom is 0.324 e. The summed E-state index contributed by atoms with van der Waals surface area (Å²) in [7, 11) is 0. The minimum Gasteiger partial charge on any atom is -0.308 e. The first-order chi connectivity index (χ1) is 9.51. The molecule has 0 aliphatic rings. The molecule has 0 unspecified atom stereocenters. The summed E-state index contributed by atoms with van der Waals surface area (Å²) < 4.78 is 0. The fourth-order valence-corrected chi connectivity index (χ4v) is 2.88. The van der Waals surface area contributed by atoms with Gasteiger partial charge in [-0.25, -0.2) is 4.79 Å². The third-order valence-corrected chi connectivity index (χ3v) is 4.16. The highest BCUT2D eigenvalue weighted by Gasteiger charge is 2.14. The number of hydrogen-bond donors (Lipinski definition) is 2. The average molecular weight is 306 g/mol. The maximum atomic E-state index is 11.9. The van der Waals surface area contributed by atoms with E-state index in [1.54, 1.807) is 24.3 Å². The monoisotopic (exact) mass is 305 g/mol. The first kappa shape index (κ1) is 14.4. The summed E-state index contributed by atoms with van der Waals surface area (Å²) in [5, 5.41) is 15.6. The van der Waals surface area contributed by atoms with Gasteiger partial charge in [-0.15, -0.1) is 11.3 Å². The van der Waals surface area contributed by atoms with Crippen LogP contribution in [0.5, 0.6) is 0 Å². The van der Waals surface area contributed by atoms with Crippen molar-refractivity contribution in [2.45, 2.75) is 13.8 Å². The van der Waals surface area contributed by atoms with E-state index in [4.69, 9.17) is 16.9 Å². The van der Waals surface area contributed by atoms with Gasteiger partial charge in [0.2, 0.25) is 0 Å². The third-order valence-electron chi connectivity index (χ3n) is 2.81. The van der Waals surface area contributed by atoms with Gasteiger partial charge in [-0.05, 0) is 37.6 Å². The number of anilines is 2. The Morgan fingerprint density at radius 3 is 2.75 bits per heavy atom. The Morgan fingerprint density at radius 1 is 1.35 bits per heavy atom. The Labute approximate surface area is 126 Å². The van der Waals surface area contributed by atoms with Crippen LogP contribution in [-0.2, 0) is 0 Å². The lowest BCUT2D eigenvalue weighted by Crippen LogP contribution is -2.19. The number of amides is 2. The number of carbonyl (C=O) groups is 1. The molecule has 1 aromatic heterocycles. The van der Waals surface area contributed by atoms with Crippen molar-refractivity contribution in [3.05, 3.63) is 45.3 Å². The number of thiophene rings is 1. The summed E-state index contributed by atoms with van der Waals surface area (Å²) in [6.45, 7) is 3.78. The number of nitrogens with zero attached hydrogens (tertiary/aromatic N) is 1. The maximum absolute atomic E-state index is 11.9. The Kier molecular flexibility index (Phi) is 4.28. The minimum atomic E-state index is -0.398. The standard InChI is InChI=1S/C14H12ClN3OS/c1-8-9(2)20-13(12(8)7-16)18-14(19)17-11-5-3-4-10(15)6-11/h3-6H,1-2H3,(H2,17,18,19). The van der Waals surface area contributed by atoms with Crippen LogP contribution in [0.3, 0.4) is 0 Å². The molecule has 0 spiro atoms. The van der Waals surface area contributed by atoms with Crippen LogP contribution in [0.15, 0.2) is 24.3 Å². The second-order valence-electron chi connectivity index (χ2n) is 4.19. The van der Waals surface area contributed by atoms with E-state index in [0.717, 1.165) is 10.4 Å². The van der Waals surface area contributed by atoms with E-state index < -0.39 is 6.03 Å². The van der Waals surface area contributed by atoms with E-state index in [1.807, 2.05) is 13.8 Å². The van der Waals surface area contributed by atoms with E-state index in [0.29, 0.717) is 21.3 Å². The van der Waals surface area contributed by atoms with Crippen molar-refractivity contribution in [3.8, 4) is 6.07 Å². The van der Waals surface area contributed by atoms with Crippen LogP contribution in [0.4, 0.5) is 15.5 Å². The lowest BCUT2D eigenvalue weighted by atomic mass is 10.2. The molecule has 0 aliphatic heterocycles. The molecule has 0 bridgehead atoms. The molecule has 2 N–H and O–H groups in total. The van der Waals surface area contributed by atoms with Crippen LogP contribution >= 0.6 is 22.9 Å². The molecule has 2 amide bonds. The van der Waals surface area contributed by atoms with Gasteiger partial charge in [0.25, 0.3) is 0 Å².